The third-order valence-electron chi connectivity index (χ3n) is 6.53. The van der Waals surface area contributed by atoms with E-state index in [0.717, 1.165) is 31.7 Å². The van der Waals surface area contributed by atoms with Crippen LogP contribution in [0.15, 0.2) is 96.2 Å². The number of carbonyl (C=O) groups excluding carboxylic acids is 2. The molecule has 37 heavy (non-hydrogen) atoms. The van der Waals surface area contributed by atoms with Crippen molar-refractivity contribution in [2.45, 2.75) is 0 Å². The molecule has 1 aliphatic heterocycles. The van der Waals surface area contributed by atoms with E-state index in [-0.39, 0.29) is 22.8 Å². The summed E-state index contributed by atoms with van der Waals surface area (Å²) in [5.41, 5.74) is 12.1. The first-order valence-corrected chi connectivity index (χ1v) is 12.4. The van der Waals surface area contributed by atoms with Crippen molar-refractivity contribution in [2.24, 2.45) is 5.73 Å². The van der Waals surface area contributed by atoms with Gasteiger partial charge in [0, 0.05) is 54.3 Å². The Kier molecular flexibility index (Phi) is 8.51. The summed E-state index contributed by atoms with van der Waals surface area (Å²) >= 11 is 0. The quantitative estimate of drug-likeness (QED) is 0.527. The normalized spacial score (nSPS) is 15.5. The maximum atomic E-state index is 12.8. The smallest absolute Gasteiger partial charge is 0.210 e. The van der Waals surface area contributed by atoms with Gasteiger partial charge >= 0.3 is 0 Å². The van der Waals surface area contributed by atoms with E-state index >= 15 is 0 Å². The fourth-order valence-electron chi connectivity index (χ4n) is 4.42. The van der Waals surface area contributed by atoms with Gasteiger partial charge in [0.25, 0.3) is 0 Å². The summed E-state index contributed by atoms with van der Waals surface area (Å²) in [5.74, 6) is -0.512. The van der Waals surface area contributed by atoms with E-state index in [2.05, 4.69) is 51.0 Å². The summed E-state index contributed by atoms with van der Waals surface area (Å²) in [6, 6.07) is 25.5. The first-order valence-electron chi connectivity index (χ1n) is 12.4. The molecule has 190 valence electrons. The number of nitrogens with zero attached hydrogens (tertiary/aromatic N) is 2. The average Bonchev–Trinajstić information content (AvgIpc) is 2.97. The summed E-state index contributed by atoms with van der Waals surface area (Å²) in [7, 11) is 3.46. The van der Waals surface area contributed by atoms with Gasteiger partial charge in [0.05, 0.1) is 19.9 Å². The summed E-state index contributed by atoms with van der Waals surface area (Å²) in [6.07, 6.45) is 3.48. The van der Waals surface area contributed by atoms with Crippen LogP contribution >= 0.6 is 0 Å². The molecule has 7 nitrogen and oxygen atoms in total. The van der Waals surface area contributed by atoms with Crippen molar-refractivity contribution in [3.05, 3.63) is 113 Å². The highest BCUT2D eigenvalue weighted by atomic mass is 16.6. The summed E-state index contributed by atoms with van der Waals surface area (Å²) in [6.45, 7) is 3.89. The Balaban J connectivity index is 0.000000747. The molecular weight excluding hydrogens is 464 g/mol. The molecule has 4 N–H and O–H groups in total. The Bertz CT molecular complexity index is 1290. The minimum atomic E-state index is -0.296. The van der Waals surface area contributed by atoms with Crippen molar-refractivity contribution >= 4 is 29.0 Å². The maximum Gasteiger partial charge on any atom is 0.210 e. The lowest BCUT2D eigenvalue weighted by Gasteiger charge is -2.37. The second-order valence-corrected chi connectivity index (χ2v) is 8.74. The van der Waals surface area contributed by atoms with E-state index in [1.165, 1.54) is 11.4 Å². The number of Topliss-reactive ketones (excluding diaryl/α,β-unsaturated/α-hetero) is 2. The predicted molar refractivity (Wildman–Crippen MR) is 148 cm³/mol. The van der Waals surface area contributed by atoms with Gasteiger partial charge in [-0.25, -0.2) is 10.3 Å². The van der Waals surface area contributed by atoms with Crippen LogP contribution in [0.1, 0.15) is 26.3 Å². The van der Waals surface area contributed by atoms with Gasteiger partial charge in [-0.2, -0.15) is 0 Å². The molecule has 2 aliphatic rings. The highest BCUT2D eigenvalue weighted by molar-refractivity contribution is 6.27. The van der Waals surface area contributed by atoms with Gasteiger partial charge < -0.3 is 15.5 Å². The number of ketones is 2. The molecule has 0 aromatic heterocycles. The van der Waals surface area contributed by atoms with Crippen molar-refractivity contribution in [2.75, 3.05) is 50.1 Å². The number of anilines is 2. The first-order chi connectivity index (χ1) is 18.0. The van der Waals surface area contributed by atoms with Crippen LogP contribution in [-0.4, -0.2) is 51.9 Å². The van der Waals surface area contributed by atoms with E-state index < -0.39 is 0 Å². The van der Waals surface area contributed by atoms with Crippen LogP contribution in [0.4, 0.5) is 11.4 Å². The fraction of sp³-hybridized carbons (Fsp3) is 0.200. The van der Waals surface area contributed by atoms with Crippen LogP contribution in [-0.2, 0) is 4.84 Å². The molecule has 0 unspecified atom stereocenters. The minimum Gasteiger partial charge on any atom is -0.395 e. The Labute approximate surface area is 217 Å². The van der Waals surface area contributed by atoms with Crippen LogP contribution in [0.2, 0.25) is 0 Å². The highest BCUT2D eigenvalue weighted by Gasteiger charge is 2.28. The Morgan fingerprint density at radius 2 is 1.22 bits per heavy atom. The number of benzene rings is 3. The third kappa shape index (κ3) is 5.97. The van der Waals surface area contributed by atoms with Crippen molar-refractivity contribution in [1.82, 2.24) is 0 Å². The van der Waals surface area contributed by atoms with Crippen LogP contribution in [0, 0.1) is 0 Å². The molecule has 0 atom stereocenters. The molecule has 0 spiro atoms. The molecule has 1 fully saturated rings. The number of carbonyl (C=O) groups is 2. The number of quaternary nitrogens is 1. The maximum absolute atomic E-state index is 12.8. The van der Waals surface area contributed by atoms with Gasteiger partial charge in [0.2, 0.25) is 5.78 Å². The summed E-state index contributed by atoms with van der Waals surface area (Å²) < 4.78 is 0. The largest absolute Gasteiger partial charge is 0.395 e. The topological polar surface area (TPSA) is 92.5 Å². The van der Waals surface area contributed by atoms with E-state index in [1.54, 1.807) is 42.9 Å². The van der Waals surface area contributed by atoms with Crippen molar-refractivity contribution in [3.63, 3.8) is 0 Å². The van der Waals surface area contributed by atoms with Gasteiger partial charge in [-0.15, -0.1) is 0 Å². The lowest BCUT2D eigenvalue weighted by atomic mass is 9.87. The minimum absolute atomic E-state index is 0.00265. The van der Waals surface area contributed by atoms with Crippen LogP contribution in [0.5, 0.6) is 0 Å². The first kappa shape index (κ1) is 25.9. The molecule has 0 saturated carbocycles. The van der Waals surface area contributed by atoms with Crippen LogP contribution < -0.4 is 21.0 Å². The SMILES string of the molecule is C[NH2+]OC.NC1=C(C=Cc2ccc(N3CCN(c4ccccc4)CC3)cc2)C(=O)c2ccccc2C1=O. The summed E-state index contributed by atoms with van der Waals surface area (Å²) in [5, 5.41) is 0. The van der Waals surface area contributed by atoms with Crippen LogP contribution in [0.25, 0.3) is 6.08 Å². The zero-order chi connectivity index (χ0) is 26.2. The monoisotopic (exact) mass is 497 g/mol. The van der Waals surface area contributed by atoms with E-state index in [9.17, 15) is 9.59 Å². The molecule has 0 radical (unpaired) electrons. The number of hydroxylamine groups is 1. The molecule has 1 heterocycles. The second-order valence-electron chi connectivity index (χ2n) is 8.74. The van der Waals surface area contributed by atoms with E-state index in [4.69, 9.17) is 5.73 Å². The number of rotatable bonds is 5. The predicted octanol–water partition coefficient (Wildman–Crippen LogP) is 3.06. The van der Waals surface area contributed by atoms with Gasteiger partial charge in [-0.05, 0) is 35.9 Å². The molecule has 1 aliphatic carbocycles. The third-order valence-corrected chi connectivity index (χ3v) is 6.53. The fourth-order valence-corrected chi connectivity index (χ4v) is 4.42. The van der Waals surface area contributed by atoms with Crippen molar-refractivity contribution < 1.29 is 19.9 Å². The molecule has 7 heteroatoms. The number of fused-ring (bicyclic) bond motifs is 1. The number of hydrogen-bond donors (Lipinski definition) is 2. The Morgan fingerprint density at radius 1 is 0.730 bits per heavy atom. The molecule has 3 aromatic rings. The number of para-hydroxylation sites is 1. The number of hydrogen-bond acceptors (Lipinski definition) is 6. The molecule has 0 amide bonds. The zero-order valence-electron chi connectivity index (χ0n) is 21.3. The molecule has 0 bridgehead atoms. The average molecular weight is 498 g/mol. The van der Waals surface area contributed by atoms with E-state index in [1.807, 2.05) is 31.3 Å². The lowest BCUT2D eigenvalue weighted by Crippen LogP contribution is -2.77. The van der Waals surface area contributed by atoms with Crippen molar-refractivity contribution in [3.8, 4) is 0 Å². The summed E-state index contributed by atoms with van der Waals surface area (Å²) in [4.78, 5) is 34.6. The van der Waals surface area contributed by atoms with Crippen LogP contribution in [0.3, 0.4) is 0 Å². The van der Waals surface area contributed by atoms with Crippen molar-refractivity contribution in [1.29, 1.82) is 0 Å². The number of nitrogens with two attached hydrogens (primary N) is 2. The van der Waals surface area contributed by atoms with Gasteiger partial charge in [0.1, 0.15) is 0 Å². The molecular formula is C30H33N4O3+. The van der Waals surface area contributed by atoms with Gasteiger partial charge in [-0.1, -0.05) is 60.7 Å². The van der Waals surface area contributed by atoms with E-state index in [0.29, 0.717) is 11.1 Å². The van der Waals surface area contributed by atoms with Gasteiger partial charge in [0.15, 0.2) is 5.78 Å². The highest BCUT2D eigenvalue weighted by Crippen LogP contribution is 2.26. The second kappa shape index (κ2) is 12.2. The standard InChI is InChI=1S/C28H25N3O2.C2H7NO/c29-26-25(27(32)23-8-4-5-9-24(23)28(26)33)15-12-20-10-13-22(14-11-20)31-18-16-30(17-19-31)21-6-2-1-3-7-21;1-3-4-2/h1-15H,16-19,29H2;3H,1-2H3/p+1. The molecule has 3 aromatic carbocycles. The zero-order valence-corrected chi connectivity index (χ0v) is 21.3. The number of piperazine rings is 1. The Morgan fingerprint density at radius 3 is 1.76 bits per heavy atom. The lowest BCUT2D eigenvalue weighted by molar-refractivity contribution is -0.871. The Hall–Kier alpha value is -4.20. The van der Waals surface area contributed by atoms with Gasteiger partial charge in [-0.3, -0.25) is 9.59 Å². The number of allylic oxidation sites excluding steroid dienone is 3. The molecule has 1 saturated heterocycles. The molecule has 5 rings (SSSR count).